The van der Waals surface area contributed by atoms with E-state index in [0.29, 0.717) is 11.4 Å². The summed E-state index contributed by atoms with van der Waals surface area (Å²) in [4.78, 5) is 15.4. The van der Waals surface area contributed by atoms with E-state index in [2.05, 4.69) is 23.3 Å². The zero-order valence-corrected chi connectivity index (χ0v) is 10.2. The zero-order chi connectivity index (χ0) is 13.0. The summed E-state index contributed by atoms with van der Waals surface area (Å²) in [7, 11) is 0. The molecule has 0 aliphatic carbocycles. The molecule has 2 rings (SSSR count). The van der Waals surface area contributed by atoms with Gasteiger partial charge >= 0.3 is 0 Å². The molecule has 0 unspecified atom stereocenters. The molecule has 92 valence electrons. The minimum Gasteiger partial charge on any atom is -0.365 e. The molecule has 0 radical (unpaired) electrons. The van der Waals surface area contributed by atoms with Gasteiger partial charge in [0.25, 0.3) is 5.91 Å². The van der Waals surface area contributed by atoms with E-state index in [4.69, 9.17) is 5.73 Å². The number of aryl methyl sites for hydroxylation is 1. The van der Waals surface area contributed by atoms with Crippen LogP contribution in [0.25, 0.3) is 0 Å². The van der Waals surface area contributed by atoms with Gasteiger partial charge in [-0.3, -0.25) is 4.79 Å². The highest BCUT2D eigenvalue weighted by Crippen LogP contribution is 2.19. The quantitative estimate of drug-likeness (QED) is 0.864. The summed E-state index contributed by atoms with van der Waals surface area (Å²) in [5, 5.41) is 3.12. The maximum atomic E-state index is 11.3. The largest absolute Gasteiger partial charge is 0.365 e. The van der Waals surface area contributed by atoms with E-state index in [9.17, 15) is 4.79 Å². The molecule has 0 saturated carbocycles. The van der Waals surface area contributed by atoms with Gasteiger partial charge < -0.3 is 11.1 Å². The molecule has 0 aliphatic heterocycles. The second-order valence-corrected chi connectivity index (χ2v) is 3.94. The number of hydrogen-bond donors (Lipinski definition) is 2. The van der Waals surface area contributed by atoms with Crippen molar-refractivity contribution in [2.45, 2.75) is 13.3 Å². The number of nitrogens with two attached hydrogens (primary N) is 1. The van der Waals surface area contributed by atoms with Gasteiger partial charge in [-0.15, -0.1) is 0 Å². The number of nitrogens with one attached hydrogen (secondary N) is 1. The number of rotatable bonds is 4. The van der Waals surface area contributed by atoms with E-state index in [1.807, 2.05) is 18.2 Å². The first-order chi connectivity index (χ1) is 8.70. The highest BCUT2D eigenvalue weighted by molar-refractivity contribution is 5.98. The predicted octanol–water partition coefficient (Wildman–Crippen LogP) is 2.49. The average molecular weight is 241 g/mol. The topological polar surface area (TPSA) is 68.0 Å². The van der Waals surface area contributed by atoms with Crippen molar-refractivity contribution in [3.63, 3.8) is 0 Å². The SMILES string of the molecule is CCc1cccc(Nc2ncccc2C(N)=O)c1. The third-order valence-corrected chi connectivity index (χ3v) is 2.67. The van der Waals surface area contributed by atoms with E-state index in [0.717, 1.165) is 12.1 Å². The number of amides is 1. The lowest BCUT2D eigenvalue weighted by Gasteiger charge is -2.09. The Morgan fingerprint density at radius 1 is 1.33 bits per heavy atom. The Balaban J connectivity index is 2.31. The molecular weight excluding hydrogens is 226 g/mol. The van der Waals surface area contributed by atoms with Gasteiger partial charge in [-0.05, 0) is 36.2 Å². The highest BCUT2D eigenvalue weighted by atomic mass is 16.1. The van der Waals surface area contributed by atoms with E-state index < -0.39 is 5.91 Å². The maximum absolute atomic E-state index is 11.3. The second kappa shape index (κ2) is 5.31. The molecule has 0 fully saturated rings. The molecular formula is C14H15N3O. The third-order valence-electron chi connectivity index (χ3n) is 2.67. The van der Waals surface area contributed by atoms with E-state index in [-0.39, 0.29) is 0 Å². The Morgan fingerprint density at radius 3 is 2.89 bits per heavy atom. The highest BCUT2D eigenvalue weighted by Gasteiger charge is 2.08. The Labute approximate surface area is 106 Å². The lowest BCUT2D eigenvalue weighted by atomic mass is 10.1. The van der Waals surface area contributed by atoms with Gasteiger partial charge in [0.15, 0.2) is 0 Å². The fourth-order valence-corrected chi connectivity index (χ4v) is 1.71. The summed E-state index contributed by atoms with van der Waals surface area (Å²) in [6.45, 7) is 2.09. The Hall–Kier alpha value is -2.36. The van der Waals surface area contributed by atoms with E-state index in [1.165, 1.54) is 5.56 Å². The molecule has 4 heteroatoms. The normalized spacial score (nSPS) is 10.1. The first kappa shape index (κ1) is 12.1. The summed E-state index contributed by atoms with van der Waals surface area (Å²) in [6.07, 6.45) is 2.58. The number of pyridine rings is 1. The fraction of sp³-hybridized carbons (Fsp3) is 0.143. The molecule has 0 atom stereocenters. The minimum absolute atomic E-state index is 0.388. The molecule has 1 aromatic carbocycles. The standard InChI is InChI=1S/C14H15N3O/c1-2-10-5-3-6-11(9-10)17-14-12(13(15)18)7-4-8-16-14/h3-9H,2H2,1H3,(H2,15,18)(H,16,17). The van der Waals surface area contributed by atoms with Gasteiger partial charge in [-0.1, -0.05) is 19.1 Å². The van der Waals surface area contributed by atoms with Crippen molar-refractivity contribution in [1.82, 2.24) is 4.98 Å². The van der Waals surface area contributed by atoms with Crippen LogP contribution in [0.4, 0.5) is 11.5 Å². The van der Waals surface area contributed by atoms with Crippen molar-refractivity contribution >= 4 is 17.4 Å². The Bertz CT molecular complexity index is 566. The zero-order valence-electron chi connectivity index (χ0n) is 10.2. The molecule has 0 saturated heterocycles. The average Bonchev–Trinajstić information content (AvgIpc) is 2.39. The van der Waals surface area contributed by atoms with E-state index >= 15 is 0 Å². The molecule has 1 aromatic heterocycles. The van der Waals surface area contributed by atoms with Crippen LogP contribution in [0.15, 0.2) is 42.6 Å². The Morgan fingerprint density at radius 2 is 2.17 bits per heavy atom. The molecule has 0 bridgehead atoms. The summed E-state index contributed by atoms with van der Waals surface area (Å²) < 4.78 is 0. The van der Waals surface area contributed by atoms with Crippen LogP contribution >= 0.6 is 0 Å². The van der Waals surface area contributed by atoms with Gasteiger partial charge in [0.1, 0.15) is 5.82 Å². The monoisotopic (exact) mass is 241 g/mol. The first-order valence-corrected chi connectivity index (χ1v) is 5.81. The number of carbonyl (C=O) groups is 1. The van der Waals surface area contributed by atoms with Crippen LogP contribution in [0.1, 0.15) is 22.8 Å². The molecule has 4 nitrogen and oxygen atoms in total. The summed E-state index contributed by atoms with van der Waals surface area (Å²) in [5.41, 5.74) is 7.81. The molecule has 18 heavy (non-hydrogen) atoms. The predicted molar refractivity (Wildman–Crippen MR) is 71.9 cm³/mol. The number of hydrogen-bond acceptors (Lipinski definition) is 3. The van der Waals surface area contributed by atoms with Crippen molar-refractivity contribution in [3.05, 3.63) is 53.7 Å². The molecule has 0 aliphatic rings. The fourth-order valence-electron chi connectivity index (χ4n) is 1.71. The lowest BCUT2D eigenvalue weighted by Crippen LogP contribution is -2.14. The van der Waals surface area contributed by atoms with Crippen molar-refractivity contribution in [2.24, 2.45) is 5.73 Å². The maximum Gasteiger partial charge on any atom is 0.252 e. The van der Waals surface area contributed by atoms with Crippen LogP contribution in [0, 0.1) is 0 Å². The molecule has 3 N–H and O–H groups in total. The van der Waals surface area contributed by atoms with Gasteiger partial charge in [-0.2, -0.15) is 0 Å². The number of primary amides is 1. The van der Waals surface area contributed by atoms with Crippen LogP contribution in [0.5, 0.6) is 0 Å². The van der Waals surface area contributed by atoms with E-state index in [1.54, 1.807) is 18.3 Å². The van der Waals surface area contributed by atoms with Crippen LogP contribution in [0.3, 0.4) is 0 Å². The van der Waals surface area contributed by atoms with Gasteiger partial charge in [-0.25, -0.2) is 4.98 Å². The summed E-state index contributed by atoms with van der Waals surface area (Å²) in [5.74, 6) is -0.00417. The number of benzene rings is 1. The third kappa shape index (κ3) is 2.66. The number of carbonyl (C=O) groups excluding carboxylic acids is 1. The van der Waals surface area contributed by atoms with Crippen LogP contribution in [-0.4, -0.2) is 10.9 Å². The first-order valence-electron chi connectivity index (χ1n) is 5.81. The van der Waals surface area contributed by atoms with Crippen molar-refractivity contribution in [2.75, 3.05) is 5.32 Å². The molecule has 1 heterocycles. The van der Waals surface area contributed by atoms with Crippen molar-refractivity contribution in [1.29, 1.82) is 0 Å². The van der Waals surface area contributed by atoms with Gasteiger partial charge in [0, 0.05) is 11.9 Å². The second-order valence-electron chi connectivity index (χ2n) is 3.94. The molecule has 0 spiro atoms. The summed E-state index contributed by atoms with van der Waals surface area (Å²) in [6, 6.07) is 11.3. The smallest absolute Gasteiger partial charge is 0.252 e. The van der Waals surface area contributed by atoms with Crippen LogP contribution < -0.4 is 11.1 Å². The van der Waals surface area contributed by atoms with Gasteiger partial charge in [0.2, 0.25) is 0 Å². The molecule has 1 amide bonds. The molecule has 2 aromatic rings. The number of aromatic nitrogens is 1. The van der Waals surface area contributed by atoms with Crippen LogP contribution in [-0.2, 0) is 6.42 Å². The van der Waals surface area contributed by atoms with Crippen molar-refractivity contribution in [3.8, 4) is 0 Å². The van der Waals surface area contributed by atoms with Crippen molar-refractivity contribution < 1.29 is 4.79 Å². The number of anilines is 2. The minimum atomic E-state index is -0.489. The lowest BCUT2D eigenvalue weighted by molar-refractivity contribution is 0.100. The Kier molecular flexibility index (Phi) is 3.57. The summed E-state index contributed by atoms with van der Waals surface area (Å²) >= 11 is 0. The van der Waals surface area contributed by atoms with Crippen LogP contribution in [0.2, 0.25) is 0 Å². The van der Waals surface area contributed by atoms with Gasteiger partial charge in [0.05, 0.1) is 5.56 Å². The number of nitrogens with zero attached hydrogens (tertiary/aromatic N) is 1.